The van der Waals surface area contributed by atoms with E-state index in [1.54, 1.807) is 0 Å². The lowest BCUT2D eigenvalue weighted by Crippen LogP contribution is -2.21. The molecule has 0 atom stereocenters. The van der Waals surface area contributed by atoms with Gasteiger partial charge >= 0.3 is 6.18 Å². The fourth-order valence-electron chi connectivity index (χ4n) is 0.828. The van der Waals surface area contributed by atoms with Crippen LogP contribution < -0.4 is 5.32 Å². The summed E-state index contributed by atoms with van der Waals surface area (Å²) < 4.78 is 48.6. The van der Waals surface area contributed by atoms with Gasteiger partial charge < -0.3 is 5.32 Å². The number of hydrogen-bond donors (Lipinski definition) is 1. The summed E-state index contributed by atoms with van der Waals surface area (Å²) in [6.07, 6.45) is -4.30. The topological polar surface area (TPSA) is 12.0 Å². The second-order valence-electron chi connectivity index (χ2n) is 2.59. The van der Waals surface area contributed by atoms with Crippen LogP contribution in [0.15, 0.2) is 18.2 Å². The van der Waals surface area contributed by atoms with E-state index in [0.717, 1.165) is 6.07 Å². The Balaban J connectivity index is 2.72. The zero-order valence-electron chi connectivity index (χ0n) is 6.83. The lowest BCUT2D eigenvalue weighted by atomic mass is 10.3. The predicted octanol–water partition coefficient (Wildman–Crippen LogP) is 3.40. The lowest BCUT2D eigenvalue weighted by molar-refractivity contribution is -0.115. The molecule has 0 amide bonds. The van der Waals surface area contributed by atoms with Crippen LogP contribution in [0, 0.1) is 9.39 Å². The van der Waals surface area contributed by atoms with Crippen molar-refractivity contribution in [1.82, 2.24) is 0 Å². The summed E-state index contributed by atoms with van der Waals surface area (Å²) in [5.74, 6) is -0.560. The maximum atomic E-state index is 12.6. The van der Waals surface area contributed by atoms with Gasteiger partial charge in [-0.1, -0.05) is 0 Å². The monoisotopic (exact) mass is 319 g/mol. The molecule has 0 unspecified atom stereocenters. The van der Waals surface area contributed by atoms with E-state index in [4.69, 9.17) is 0 Å². The fourth-order valence-corrected chi connectivity index (χ4v) is 1.35. The number of alkyl halides is 3. The van der Waals surface area contributed by atoms with E-state index in [-0.39, 0.29) is 5.69 Å². The summed E-state index contributed by atoms with van der Waals surface area (Å²) in [5.41, 5.74) is 0.155. The Kier molecular flexibility index (Phi) is 3.57. The SMILES string of the molecule is Fc1ccc(I)c(NCC(F)(F)F)c1. The summed E-state index contributed by atoms with van der Waals surface area (Å²) in [5, 5.41) is 2.12. The summed E-state index contributed by atoms with van der Waals surface area (Å²) >= 11 is 1.83. The molecule has 6 heteroatoms. The standard InChI is InChI=1S/C8H6F4IN/c9-5-1-2-6(13)7(3-5)14-4-8(10,11)12/h1-3,14H,4H2. The Morgan fingerprint density at radius 3 is 2.50 bits per heavy atom. The van der Waals surface area contributed by atoms with E-state index < -0.39 is 18.5 Å². The van der Waals surface area contributed by atoms with Gasteiger partial charge in [0.15, 0.2) is 0 Å². The molecule has 1 nitrogen and oxygen atoms in total. The molecule has 0 spiro atoms. The first-order valence-corrected chi connectivity index (χ1v) is 4.72. The minimum atomic E-state index is -4.30. The maximum Gasteiger partial charge on any atom is 0.405 e. The Morgan fingerprint density at radius 2 is 1.93 bits per heavy atom. The van der Waals surface area contributed by atoms with Gasteiger partial charge in [0.05, 0.1) is 5.69 Å². The summed E-state index contributed by atoms with van der Waals surface area (Å²) in [7, 11) is 0. The van der Waals surface area contributed by atoms with Crippen LogP contribution in [0.5, 0.6) is 0 Å². The van der Waals surface area contributed by atoms with Crippen LogP contribution in [0.1, 0.15) is 0 Å². The normalized spacial score (nSPS) is 11.5. The highest BCUT2D eigenvalue weighted by Crippen LogP contribution is 2.21. The highest BCUT2D eigenvalue weighted by atomic mass is 127. The largest absolute Gasteiger partial charge is 0.405 e. The molecular weight excluding hydrogens is 313 g/mol. The quantitative estimate of drug-likeness (QED) is 0.651. The van der Waals surface area contributed by atoms with E-state index in [0.29, 0.717) is 3.57 Å². The van der Waals surface area contributed by atoms with Gasteiger partial charge in [-0.05, 0) is 40.8 Å². The van der Waals surface area contributed by atoms with Crippen LogP contribution >= 0.6 is 22.6 Å². The number of benzene rings is 1. The second-order valence-corrected chi connectivity index (χ2v) is 3.76. The lowest BCUT2D eigenvalue weighted by Gasteiger charge is -2.10. The Morgan fingerprint density at radius 1 is 1.29 bits per heavy atom. The fraction of sp³-hybridized carbons (Fsp3) is 0.250. The van der Waals surface area contributed by atoms with Crippen molar-refractivity contribution < 1.29 is 17.6 Å². The van der Waals surface area contributed by atoms with Crippen molar-refractivity contribution in [1.29, 1.82) is 0 Å². The summed E-state index contributed by atoms with van der Waals surface area (Å²) in [6, 6.07) is 3.64. The van der Waals surface area contributed by atoms with Crippen molar-refractivity contribution >= 4 is 28.3 Å². The average Bonchev–Trinajstić information content (AvgIpc) is 2.05. The average molecular weight is 319 g/mol. The molecule has 0 bridgehead atoms. The second kappa shape index (κ2) is 4.33. The Labute approximate surface area is 91.6 Å². The van der Waals surface area contributed by atoms with E-state index >= 15 is 0 Å². The van der Waals surface area contributed by atoms with Gasteiger partial charge in [-0.2, -0.15) is 13.2 Å². The molecule has 1 aromatic carbocycles. The van der Waals surface area contributed by atoms with E-state index in [2.05, 4.69) is 5.32 Å². The molecule has 0 aliphatic rings. The minimum absolute atomic E-state index is 0.155. The van der Waals surface area contributed by atoms with Crippen molar-refractivity contribution in [2.24, 2.45) is 0 Å². The van der Waals surface area contributed by atoms with Gasteiger partial charge in [-0.25, -0.2) is 4.39 Å². The van der Waals surface area contributed by atoms with Gasteiger partial charge in [-0.15, -0.1) is 0 Å². The smallest absolute Gasteiger partial charge is 0.376 e. The molecule has 0 fully saturated rings. The third-order valence-corrected chi connectivity index (χ3v) is 2.35. The van der Waals surface area contributed by atoms with Crippen molar-refractivity contribution in [2.45, 2.75) is 6.18 Å². The molecule has 0 saturated carbocycles. The predicted molar refractivity (Wildman–Crippen MR) is 53.7 cm³/mol. The molecule has 14 heavy (non-hydrogen) atoms. The third kappa shape index (κ3) is 3.69. The maximum absolute atomic E-state index is 12.6. The molecule has 0 aromatic heterocycles. The first kappa shape index (κ1) is 11.5. The highest BCUT2D eigenvalue weighted by Gasteiger charge is 2.26. The van der Waals surface area contributed by atoms with Crippen LogP contribution in [0.2, 0.25) is 0 Å². The van der Waals surface area contributed by atoms with Crippen molar-refractivity contribution in [2.75, 3.05) is 11.9 Å². The number of hydrogen-bond acceptors (Lipinski definition) is 1. The molecule has 0 aliphatic carbocycles. The van der Waals surface area contributed by atoms with E-state index in [1.807, 2.05) is 22.6 Å². The molecule has 0 heterocycles. The van der Waals surface area contributed by atoms with Gasteiger partial charge in [0, 0.05) is 3.57 Å². The molecule has 1 aromatic rings. The zero-order valence-corrected chi connectivity index (χ0v) is 8.99. The van der Waals surface area contributed by atoms with Crippen LogP contribution in [-0.4, -0.2) is 12.7 Å². The van der Waals surface area contributed by atoms with Gasteiger partial charge in [0.25, 0.3) is 0 Å². The van der Waals surface area contributed by atoms with Crippen molar-refractivity contribution in [3.05, 3.63) is 27.6 Å². The Hall–Kier alpha value is -0.530. The molecule has 1 rings (SSSR count). The highest BCUT2D eigenvalue weighted by molar-refractivity contribution is 14.1. The van der Waals surface area contributed by atoms with E-state index in [9.17, 15) is 17.6 Å². The molecule has 1 N–H and O–H groups in total. The van der Waals surface area contributed by atoms with Crippen molar-refractivity contribution in [3.63, 3.8) is 0 Å². The van der Waals surface area contributed by atoms with Crippen LogP contribution in [0.4, 0.5) is 23.2 Å². The third-order valence-electron chi connectivity index (χ3n) is 1.41. The van der Waals surface area contributed by atoms with Crippen LogP contribution in [0.25, 0.3) is 0 Å². The van der Waals surface area contributed by atoms with Gasteiger partial charge in [0.1, 0.15) is 12.4 Å². The molecule has 78 valence electrons. The minimum Gasteiger partial charge on any atom is -0.376 e. The number of nitrogens with one attached hydrogen (secondary N) is 1. The van der Waals surface area contributed by atoms with Crippen LogP contribution in [0.3, 0.4) is 0 Å². The number of halogens is 5. The first-order chi connectivity index (χ1) is 6.38. The molecule has 0 saturated heterocycles. The number of rotatable bonds is 2. The van der Waals surface area contributed by atoms with Crippen LogP contribution in [-0.2, 0) is 0 Å². The molecule has 0 radical (unpaired) electrons. The Bertz CT molecular complexity index is 324. The first-order valence-electron chi connectivity index (χ1n) is 3.64. The van der Waals surface area contributed by atoms with Crippen molar-refractivity contribution in [3.8, 4) is 0 Å². The molecule has 0 aliphatic heterocycles. The summed E-state index contributed by atoms with van der Waals surface area (Å²) in [6.45, 7) is -1.16. The molecular formula is C8H6F4IN. The van der Waals surface area contributed by atoms with Gasteiger partial charge in [-0.3, -0.25) is 0 Å². The van der Waals surface area contributed by atoms with E-state index in [1.165, 1.54) is 12.1 Å². The number of anilines is 1. The van der Waals surface area contributed by atoms with Gasteiger partial charge in [0.2, 0.25) is 0 Å². The summed E-state index contributed by atoms with van der Waals surface area (Å²) in [4.78, 5) is 0. The zero-order chi connectivity index (χ0) is 10.8.